The highest BCUT2D eigenvalue weighted by molar-refractivity contribution is 9.10. The lowest BCUT2D eigenvalue weighted by atomic mass is 10.3. The number of halogens is 1. The van der Waals surface area contributed by atoms with Gasteiger partial charge in [-0.05, 0) is 35.5 Å². The monoisotopic (exact) mass is 330 g/mol. The third kappa shape index (κ3) is 3.54. The summed E-state index contributed by atoms with van der Waals surface area (Å²) in [4.78, 5) is 1.21. The van der Waals surface area contributed by atoms with Gasteiger partial charge in [-0.2, -0.15) is 0 Å². The van der Waals surface area contributed by atoms with E-state index in [4.69, 9.17) is 4.42 Å². The lowest BCUT2D eigenvalue weighted by molar-refractivity contribution is 0.429. The molecule has 1 atom stereocenters. The number of thiophene rings is 1. The van der Waals surface area contributed by atoms with Crippen molar-refractivity contribution >= 4 is 33.3 Å². The van der Waals surface area contributed by atoms with Gasteiger partial charge >= 0.3 is 6.01 Å². The molecular weight excluding hydrogens is 316 g/mol. The Morgan fingerprint density at radius 2 is 2.33 bits per heavy atom. The van der Waals surface area contributed by atoms with Crippen LogP contribution in [0.25, 0.3) is 0 Å². The van der Waals surface area contributed by atoms with Crippen molar-refractivity contribution in [1.82, 2.24) is 15.5 Å². The van der Waals surface area contributed by atoms with Crippen LogP contribution < -0.4 is 10.6 Å². The first-order valence-corrected chi connectivity index (χ1v) is 7.40. The fourth-order valence-corrected chi connectivity index (χ4v) is 2.87. The van der Waals surface area contributed by atoms with E-state index in [1.54, 1.807) is 11.3 Å². The molecule has 0 bridgehead atoms. The fourth-order valence-electron chi connectivity index (χ4n) is 1.48. The number of anilines is 1. The van der Waals surface area contributed by atoms with Gasteiger partial charge in [0.15, 0.2) is 0 Å². The Bertz CT molecular complexity index is 499. The molecule has 0 aliphatic rings. The maximum Gasteiger partial charge on any atom is 0.315 e. The minimum Gasteiger partial charge on any atom is -0.406 e. The molecule has 0 aliphatic heterocycles. The Morgan fingerprint density at radius 1 is 1.50 bits per heavy atom. The first kappa shape index (κ1) is 13.5. The number of hydrogen-bond donors (Lipinski definition) is 2. The van der Waals surface area contributed by atoms with E-state index in [1.807, 2.05) is 19.2 Å². The molecule has 2 aromatic heterocycles. The van der Waals surface area contributed by atoms with Crippen LogP contribution in [-0.2, 0) is 6.54 Å². The van der Waals surface area contributed by atoms with Crippen molar-refractivity contribution in [3.63, 3.8) is 0 Å². The van der Waals surface area contributed by atoms with E-state index in [0.29, 0.717) is 18.5 Å². The van der Waals surface area contributed by atoms with Crippen LogP contribution >= 0.6 is 27.3 Å². The second kappa shape index (κ2) is 6.31. The van der Waals surface area contributed by atoms with Gasteiger partial charge in [0.2, 0.25) is 5.89 Å². The van der Waals surface area contributed by atoms with E-state index in [1.165, 1.54) is 4.88 Å². The summed E-state index contributed by atoms with van der Waals surface area (Å²) in [5.74, 6) is 0.603. The number of hydrogen-bond acceptors (Lipinski definition) is 6. The number of aromatic nitrogens is 2. The van der Waals surface area contributed by atoms with Crippen molar-refractivity contribution < 1.29 is 4.42 Å². The largest absolute Gasteiger partial charge is 0.406 e. The van der Waals surface area contributed by atoms with Crippen molar-refractivity contribution in [3.05, 3.63) is 26.7 Å². The van der Waals surface area contributed by atoms with Gasteiger partial charge in [-0.25, -0.2) is 0 Å². The molecule has 0 aromatic carbocycles. The highest BCUT2D eigenvalue weighted by Gasteiger charge is 2.12. The van der Waals surface area contributed by atoms with Crippen molar-refractivity contribution in [2.45, 2.75) is 26.4 Å². The van der Waals surface area contributed by atoms with Crippen LogP contribution in [0.1, 0.15) is 30.7 Å². The molecule has 2 N–H and O–H groups in total. The molecular formula is C11H15BrN4OS. The van der Waals surface area contributed by atoms with Crippen LogP contribution in [-0.4, -0.2) is 16.7 Å². The smallest absolute Gasteiger partial charge is 0.315 e. The molecule has 0 spiro atoms. The molecule has 2 rings (SSSR count). The Balaban J connectivity index is 1.90. The van der Waals surface area contributed by atoms with Gasteiger partial charge in [0.05, 0.1) is 12.6 Å². The van der Waals surface area contributed by atoms with Gasteiger partial charge in [-0.15, -0.1) is 16.4 Å². The third-order valence-electron chi connectivity index (χ3n) is 2.36. The van der Waals surface area contributed by atoms with Gasteiger partial charge in [-0.1, -0.05) is 12.0 Å². The summed E-state index contributed by atoms with van der Waals surface area (Å²) >= 11 is 5.10. The van der Waals surface area contributed by atoms with Gasteiger partial charge in [0.1, 0.15) is 0 Å². The highest BCUT2D eigenvalue weighted by Crippen LogP contribution is 2.21. The number of nitrogens with one attached hydrogen (secondary N) is 2. The molecule has 0 aliphatic carbocycles. The first-order valence-electron chi connectivity index (χ1n) is 5.72. The van der Waals surface area contributed by atoms with Crippen molar-refractivity contribution in [2.75, 3.05) is 11.9 Å². The van der Waals surface area contributed by atoms with E-state index >= 15 is 0 Å². The number of rotatable bonds is 6. The van der Waals surface area contributed by atoms with Gasteiger partial charge in [0, 0.05) is 14.7 Å². The second-order valence-corrected chi connectivity index (χ2v) is 5.72. The predicted molar refractivity (Wildman–Crippen MR) is 75.7 cm³/mol. The Kier molecular flexibility index (Phi) is 4.73. The van der Waals surface area contributed by atoms with Gasteiger partial charge < -0.3 is 15.1 Å². The zero-order valence-electron chi connectivity index (χ0n) is 10.2. The van der Waals surface area contributed by atoms with E-state index < -0.39 is 0 Å². The first-order chi connectivity index (χ1) is 8.69. The predicted octanol–water partition coefficient (Wildman–Crippen LogP) is 3.18. The molecule has 1 unspecified atom stereocenters. The highest BCUT2D eigenvalue weighted by atomic mass is 79.9. The van der Waals surface area contributed by atoms with Crippen LogP contribution in [0.5, 0.6) is 0 Å². The molecule has 98 valence electrons. The molecule has 0 fully saturated rings. The molecule has 0 amide bonds. The summed E-state index contributed by atoms with van der Waals surface area (Å²) in [5.41, 5.74) is 0. The van der Waals surface area contributed by atoms with Crippen molar-refractivity contribution in [1.29, 1.82) is 0 Å². The molecule has 2 aromatic rings. The lowest BCUT2D eigenvalue weighted by Crippen LogP contribution is -2.17. The van der Waals surface area contributed by atoms with Crippen LogP contribution in [0.3, 0.4) is 0 Å². The zero-order chi connectivity index (χ0) is 13.0. The van der Waals surface area contributed by atoms with Crippen LogP contribution in [0.2, 0.25) is 0 Å². The summed E-state index contributed by atoms with van der Waals surface area (Å²) in [5, 5.41) is 16.4. The van der Waals surface area contributed by atoms with Gasteiger partial charge in [-0.3, -0.25) is 0 Å². The fraction of sp³-hybridized carbons (Fsp3) is 0.455. The second-order valence-electron chi connectivity index (χ2n) is 3.81. The topological polar surface area (TPSA) is 63.0 Å². The molecule has 0 saturated carbocycles. The molecule has 18 heavy (non-hydrogen) atoms. The maximum absolute atomic E-state index is 5.52. The third-order valence-corrected chi connectivity index (χ3v) is 4.05. The summed E-state index contributed by atoms with van der Waals surface area (Å²) in [7, 11) is 0. The van der Waals surface area contributed by atoms with E-state index in [0.717, 1.165) is 11.0 Å². The normalized spacial score (nSPS) is 12.6. The van der Waals surface area contributed by atoms with Crippen molar-refractivity contribution in [2.24, 2.45) is 0 Å². The van der Waals surface area contributed by atoms with Gasteiger partial charge in [0.25, 0.3) is 0 Å². The molecule has 0 saturated heterocycles. The number of nitrogens with zero attached hydrogens (tertiary/aromatic N) is 2. The Hall–Kier alpha value is -0.920. The summed E-state index contributed by atoms with van der Waals surface area (Å²) in [6, 6.07) is 2.60. The summed E-state index contributed by atoms with van der Waals surface area (Å²) < 4.78 is 6.62. The minimum absolute atomic E-state index is 0.0777. The minimum atomic E-state index is 0.0777. The average Bonchev–Trinajstić information content (AvgIpc) is 2.95. The van der Waals surface area contributed by atoms with Crippen LogP contribution in [0.4, 0.5) is 6.01 Å². The summed E-state index contributed by atoms with van der Waals surface area (Å²) in [6.45, 7) is 5.60. The Morgan fingerprint density at radius 3 is 3.00 bits per heavy atom. The Labute approximate surface area is 118 Å². The van der Waals surface area contributed by atoms with Crippen LogP contribution in [0, 0.1) is 0 Å². The molecule has 0 radical (unpaired) electrons. The van der Waals surface area contributed by atoms with Crippen LogP contribution in [0.15, 0.2) is 20.3 Å². The van der Waals surface area contributed by atoms with Crippen molar-refractivity contribution in [3.8, 4) is 0 Å². The van der Waals surface area contributed by atoms with E-state index in [2.05, 4.69) is 42.8 Å². The quantitative estimate of drug-likeness (QED) is 0.851. The summed E-state index contributed by atoms with van der Waals surface area (Å²) in [6.07, 6.45) is 0. The average molecular weight is 331 g/mol. The molecule has 2 heterocycles. The SMILES string of the molecule is CCNC(C)c1nnc(NCc2cc(Br)cs2)o1. The van der Waals surface area contributed by atoms with E-state index in [9.17, 15) is 0 Å². The lowest BCUT2D eigenvalue weighted by Gasteiger charge is -2.05. The zero-order valence-corrected chi connectivity index (χ0v) is 12.6. The maximum atomic E-state index is 5.52. The standard InChI is InChI=1S/C11H15BrN4OS/c1-3-13-7(2)10-15-16-11(17-10)14-5-9-4-8(12)6-18-9/h4,6-7,13H,3,5H2,1-2H3,(H,14,16). The van der Waals surface area contributed by atoms with E-state index in [-0.39, 0.29) is 6.04 Å². The molecule has 7 heteroatoms. The molecule has 5 nitrogen and oxygen atoms in total.